The van der Waals surface area contributed by atoms with Gasteiger partial charge in [0.05, 0.1) is 0 Å². The first-order valence-electron chi connectivity index (χ1n) is 5.46. The molecule has 1 heterocycles. The molecule has 2 aromatic rings. The number of nitrogens with two attached hydrogens (primary N) is 1. The van der Waals surface area contributed by atoms with Crippen LogP contribution in [0.4, 0.5) is 19.0 Å². The number of nitrogen functional groups attached to an aromatic ring is 1. The molecule has 0 aliphatic rings. The highest BCUT2D eigenvalue weighted by Crippen LogP contribution is 2.28. The Balaban J connectivity index is 2.33. The number of rotatable bonds is 3. The highest BCUT2D eigenvalue weighted by atomic mass is 19.4. The van der Waals surface area contributed by atoms with Crippen LogP contribution in [0, 0.1) is 0 Å². The Bertz CT molecular complexity index is 625. The van der Waals surface area contributed by atoms with E-state index in [2.05, 4.69) is 9.72 Å². The Morgan fingerprint density at radius 1 is 1.20 bits per heavy atom. The predicted molar refractivity (Wildman–Crippen MR) is 66.2 cm³/mol. The van der Waals surface area contributed by atoms with Crippen molar-refractivity contribution in [3.63, 3.8) is 0 Å². The highest BCUT2D eigenvalue weighted by Gasteiger charge is 2.30. The lowest BCUT2D eigenvalue weighted by Gasteiger charge is -2.10. The van der Waals surface area contributed by atoms with Crippen molar-refractivity contribution in [1.29, 1.82) is 0 Å². The summed E-state index contributed by atoms with van der Waals surface area (Å²) in [6.45, 7) is 0. The summed E-state index contributed by atoms with van der Waals surface area (Å²) >= 11 is 0. The van der Waals surface area contributed by atoms with Crippen molar-refractivity contribution in [1.82, 2.24) is 4.98 Å². The van der Waals surface area contributed by atoms with Gasteiger partial charge in [-0.25, -0.2) is 4.98 Å². The van der Waals surface area contributed by atoms with Gasteiger partial charge in [-0.15, -0.1) is 13.2 Å². The van der Waals surface area contributed by atoms with Gasteiger partial charge in [0, 0.05) is 17.3 Å². The Kier molecular flexibility index (Phi) is 3.60. The molecule has 0 radical (unpaired) electrons. The number of carbonyl (C=O) groups is 1. The number of aldehydes is 1. The lowest BCUT2D eigenvalue weighted by atomic mass is 10.0. The first kappa shape index (κ1) is 13.9. The molecule has 1 aromatic heterocycles. The number of ether oxygens (including phenoxy) is 1. The molecule has 4 nitrogen and oxygen atoms in total. The Hall–Kier alpha value is -2.57. The maximum Gasteiger partial charge on any atom is 0.573 e. The normalized spacial score (nSPS) is 11.2. The quantitative estimate of drug-likeness (QED) is 0.879. The molecule has 0 spiro atoms. The van der Waals surface area contributed by atoms with E-state index in [-0.39, 0.29) is 11.6 Å². The molecule has 0 atom stereocenters. The van der Waals surface area contributed by atoms with Gasteiger partial charge in [-0.05, 0) is 23.8 Å². The van der Waals surface area contributed by atoms with Gasteiger partial charge in [-0.1, -0.05) is 12.1 Å². The van der Waals surface area contributed by atoms with Crippen LogP contribution < -0.4 is 10.5 Å². The third-order valence-electron chi connectivity index (χ3n) is 2.48. The summed E-state index contributed by atoms with van der Waals surface area (Å²) in [6, 6.07) is 6.52. The van der Waals surface area contributed by atoms with Crippen LogP contribution in [-0.4, -0.2) is 17.6 Å². The number of hydrogen-bond acceptors (Lipinski definition) is 4. The maximum absolute atomic E-state index is 12.0. The summed E-state index contributed by atoms with van der Waals surface area (Å²) in [6.07, 6.45) is -2.75. The predicted octanol–water partition coefficient (Wildman–Crippen LogP) is 3.04. The van der Waals surface area contributed by atoms with Crippen molar-refractivity contribution in [3.8, 4) is 16.9 Å². The monoisotopic (exact) mass is 282 g/mol. The third-order valence-corrected chi connectivity index (χ3v) is 2.48. The molecule has 0 aliphatic heterocycles. The van der Waals surface area contributed by atoms with Crippen molar-refractivity contribution >= 4 is 12.1 Å². The van der Waals surface area contributed by atoms with Crippen LogP contribution in [0.25, 0.3) is 11.1 Å². The molecule has 0 saturated carbocycles. The lowest BCUT2D eigenvalue weighted by molar-refractivity contribution is -0.274. The molecular weight excluding hydrogens is 273 g/mol. The van der Waals surface area contributed by atoms with Gasteiger partial charge in [0.15, 0.2) is 6.29 Å². The fourth-order valence-electron chi connectivity index (χ4n) is 1.66. The summed E-state index contributed by atoms with van der Waals surface area (Å²) in [4.78, 5) is 14.8. The molecule has 104 valence electrons. The van der Waals surface area contributed by atoms with Crippen molar-refractivity contribution in [2.24, 2.45) is 0 Å². The topological polar surface area (TPSA) is 65.2 Å². The molecule has 2 rings (SSSR count). The average molecular weight is 282 g/mol. The van der Waals surface area contributed by atoms with Gasteiger partial charge in [-0.2, -0.15) is 0 Å². The van der Waals surface area contributed by atoms with Crippen LogP contribution in [-0.2, 0) is 0 Å². The minimum atomic E-state index is -4.74. The van der Waals surface area contributed by atoms with Crippen LogP contribution in [0.1, 0.15) is 10.4 Å². The van der Waals surface area contributed by atoms with E-state index in [1.807, 2.05) is 0 Å². The molecule has 20 heavy (non-hydrogen) atoms. The Labute approximate surface area is 112 Å². The van der Waals surface area contributed by atoms with E-state index in [1.165, 1.54) is 24.4 Å². The lowest BCUT2D eigenvalue weighted by Crippen LogP contribution is -2.16. The molecule has 0 fully saturated rings. The first-order chi connectivity index (χ1) is 9.39. The molecule has 0 amide bonds. The highest BCUT2D eigenvalue weighted by molar-refractivity contribution is 5.88. The van der Waals surface area contributed by atoms with E-state index >= 15 is 0 Å². The van der Waals surface area contributed by atoms with Crippen LogP contribution >= 0.6 is 0 Å². The van der Waals surface area contributed by atoms with Crippen LogP contribution in [0.15, 0.2) is 36.5 Å². The molecule has 0 aliphatic carbocycles. The zero-order valence-corrected chi connectivity index (χ0v) is 10.0. The number of alkyl halides is 3. The Morgan fingerprint density at radius 3 is 2.40 bits per heavy atom. The standard InChI is InChI=1S/C13H9F3N2O2/c14-13(15,16)20-10-3-1-8(2-4-10)11-6-18-12(17)5-9(11)7-19/h1-7H,(H2,17,18). The van der Waals surface area contributed by atoms with E-state index in [1.54, 1.807) is 0 Å². The van der Waals surface area contributed by atoms with Crippen molar-refractivity contribution in [3.05, 3.63) is 42.1 Å². The third kappa shape index (κ3) is 3.25. The van der Waals surface area contributed by atoms with Crippen LogP contribution in [0.2, 0.25) is 0 Å². The molecule has 0 unspecified atom stereocenters. The zero-order valence-electron chi connectivity index (χ0n) is 10.0. The fourth-order valence-corrected chi connectivity index (χ4v) is 1.66. The second-order valence-corrected chi connectivity index (χ2v) is 3.89. The summed E-state index contributed by atoms with van der Waals surface area (Å²) in [5.41, 5.74) is 6.78. The van der Waals surface area contributed by atoms with Gasteiger partial charge in [-0.3, -0.25) is 4.79 Å². The number of benzene rings is 1. The minimum Gasteiger partial charge on any atom is -0.406 e. The van der Waals surface area contributed by atoms with E-state index in [4.69, 9.17) is 5.73 Å². The Morgan fingerprint density at radius 2 is 1.85 bits per heavy atom. The van der Waals surface area contributed by atoms with Crippen LogP contribution in [0.3, 0.4) is 0 Å². The average Bonchev–Trinajstić information content (AvgIpc) is 2.38. The largest absolute Gasteiger partial charge is 0.573 e. The van der Waals surface area contributed by atoms with E-state index in [0.29, 0.717) is 23.0 Å². The van der Waals surface area contributed by atoms with Crippen molar-refractivity contribution in [2.45, 2.75) is 6.36 Å². The number of nitrogens with zero attached hydrogens (tertiary/aromatic N) is 1. The second kappa shape index (κ2) is 5.20. The van der Waals surface area contributed by atoms with Gasteiger partial charge in [0.25, 0.3) is 0 Å². The minimum absolute atomic E-state index is 0.188. The van der Waals surface area contributed by atoms with Gasteiger partial charge >= 0.3 is 6.36 Å². The second-order valence-electron chi connectivity index (χ2n) is 3.89. The molecule has 0 bridgehead atoms. The summed E-state index contributed by atoms with van der Waals surface area (Å²) in [7, 11) is 0. The molecule has 2 N–H and O–H groups in total. The number of pyridine rings is 1. The molecule has 1 aromatic carbocycles. The van der Waals surface area contributed by atoms with Gasteiger partial charge < -0.3 is 10.5 Å². The smallest absolute Gasteiger partial charge is 0.406 e. The molecular formula is C13H9F3N2O2. The van der Waals surface area contributed by atoms with E-state index in [9.17, 15) is 18.0 Å². The number of hydrogen-bond donors (Lipinski definition) is 1. The summed E-state index contributed by atoms with van der Waals surface area (Å²) in [5.74, 6) is -0.148. The van der Waals surface area contributed by atoms with Crippen molar-refractivity contribution < 1.29 is 22.7 Å². The van der Waals surface area contributed by atoms with E-state index in [0.717, 1.165) is 12.1 Å². The van der Waals surface area contributed by atoms with Gasteiger partial charge in [0.1, 0.15) is 11.6 Å². The summed E-state index contributed by atoms with van der Waals surface area (Å²) < 4.78 is 39.9. The first-order valence-corrected chi connectivity index (χ1v) is 5.46. The number of halogens is 3. The zero-order chi connectivity index (χ0) is 14.8. The maximum atomic E-state index is 12.0. The van der Waals surface area contributed by atoms with Gasteiger partial charge in [0.2, 0.25) is 0 Å². The SMILES string of the molecule is Nc1cc(C=O)c(-c2ccc(OC(F)(F)F)cc2)cn1. The van der Waals surface area contributed by atoms with Crippen molar-refractivity contribution in [2.75, 3.05) is 5.73 Å². The number of carbonyl (C=O) groups excluding carboxylic acids is 1. The number of anilines is 1. The fraction of sp³-hybridized carbons (Fsp3) is 0.0769. The van der Waals surface area contributed by atoms with E-state index < -0.39 is 6.36 Å². The summed E-state index contributed by atoms with van der Waals surface area (Å²) in [5, 5.41) is 0. The van der Waals surface area contributed by atoms with Crippen LogP contribution in [0.5, 0.6) is 5.75 Å². The number of aromatic nitrogens is 1. The molecule has 0 saturated heterocycles. The molecule has 7 heteroatoms.